The number of nitrogens with zero attached hydrogens (tertiary/aromatic N) is 5. The maximum Gasteiger partial charge on any atom is 0.158 e. The molecule has 0 spiro atoms. The van der Waals surface area contributed by atoms with Gasteiger partial charge in [0.2, 0.25) is 0 Å². The normalized spacial score (nSPS) is 11.7. The van der Waals surface area contributed by atoms with Crippen LogP contribution < -0.4 is 0 Å². The second-order valence-electron chi connectivity index (χ2n) is 10.7. The SMILES string of the molecule is CC(C)c1cccc(C(C)C)c1-c1nc2ccc(-c3cccc(-c4nccn4C)n3)cc2n1-c1ccccc1. The Morgan fingerprint density at radius 3 is 2.03 bits per heavy atom. The molecule has 3 aromatic carbocycles. The van der Waals surface area contributed by atoms with Crippen LogP contribution in [0.3, 0.4) is 0 Å². The minimum Gasteiger partial charge on any atom is -0.333 e. The molecule has 0 N–H and O–H groups in total. The van der Waals surface area contributed by atoms with Gasteiger partial charge in [0.1, 0.15) is 11.5 Å². The summed E-state index contributed by atoms with van der Waals surface area (Å²) >= 11 is 0. The number of benzene rings is 3. The van der Waals surface area contributed by atoms with Gasteiger partial charge in [-0.2, -0.15) is 0 Å². The molecule has 0 saturated heterocycles. The molecule has 0 aliphatic carbocycles. The maximum absolute atomic E-state index is 5.28. The number of hydrogen-bond acceptors (Lipinski definition) is 3. The van der Waals surface area contributed by atoms with Gasteiger partial charge < -0.3 is 4.57 Å². The standard InChI is InChI=1S/C34H33N5/c1-22(2)26-13-9-14-27(23(3)4)32(26)34-37-29-18-17-24(21-31(29)39(34)25-11-7-6-8-12-25)28-15-10-16-30(36-28)33-35-19-20-38(33)5/h6-23H,1-5H3. The monoisotopic (exact) mass is 511 g/mol. The predicted molar refractivity (Wildman–Crippen MR) is 160 cm³/mol. The summed E-state index contributed by atoms with van der Waals surface area (Å²) in [6.45, 7) is 9.04. The number of hydrogen-bond donors (Lipinski definition) is 0. The third kappa shape index (κ3) is 4.44. The molecule has 0 aliphatic rings. The van der Waals surface area contributed by atoms with Crippen molar-refractivity contribution in [2.45, 2.75) is 39.5 Å². The highest BCUT2D eigenvalue weighted by Crippen LogP contribution is 2.39. The Hall–Kier alpha value is -4.51. The summed E-state index contributed by atoms with van der Waals surface area (Å²) in [5, 5.41) is 0. The van der Waals surface area contributed by atoms with Crippen LogP contribution in [0.15, 0.2) is 97.3 Å². The molecule has 3 aromatic heterocycles. The van der Waals surface area contributed by atoms with Gasteiger partial charge >= 0.3 is 0 Å². The fourth-order valence-corrected chi connectivity index (χ4v) is 5.38. The van der Waals surface area contributed by atoms with E-state index in [-0.39, 0.29) is 0 Å². The van der Waals surface area contributed by atoms with E-state index in [4.69, 9.17) is 9.97 Å². The Kier molecular flexibility index (Phi) is 6.35. The van der Waals surface area contributed by atoms with Crippen LogP contribution in [0.4, 0.5) is 0 Å². The second kappa shape index (κ2) is 9.99. The fourth-order valence-electron chi connectivity index (χ4n) is 5.38. The van der Waals surface area contributed by atoms with Gasteiger partial charge in [-0.3, -0.25) is 4.57 Å². The number of aryl methyl sites for hydroxylation is 1. The average molecular weight is 512 g/mol. The highest BCUT2D eigenvalue weighted by molar-refractivity contribution is 5.88. The largest absolute Gasteiger partial charge is 0.333 e. The summed E-state index contributed by atoms with van der Waals surface area (Å²) in [5.41, 5.74) is 9.79. The van der Waals surface area contributed by atoms with Crippen molar-refractivity contribution in [3.8, 4) is 39.9 Å². The van der Waals surface area contributed by atoms with Crippen LogP contribution in [-0.4, -0.2) is 24.1 Å². The van der Waals surface area contributed by atoms with Gasteiger partial charge in [-0.25, -0.2) is 15.0 Å². The number of fused-ring (bicyclic) bond motifs is 1. The molecular formula is C34H33N5. The molecule has 3 heterocycles. The first kappa shape index (κ1) is 24.8. The van der Waals surface area contributed by atoms with Crippen LogP contribution >= 0.6 is 0 Å². The molecule has 6 rings (SSSR count). The van der Waals surface area contributed by atoms with Crippen LogP contribution in [0.5, 0.6) is 0 Å². The van der Waals surface area contributed by atoms with Crippen molar-refractivity contribution in [2.75, 3.05) is 0 Å². The topological polar surface area (TPSA) is 48.5 Å². The van der Waals surface area contributed by atoms with Crippen molar-refractivity contribution >= 4 is 11.0 Å². The van der Waals surface area contributed by atoms with Crippen molar-refractivity contribution in [1.29, 1.82) is 0 Å². The summed E-state index contributed by atoms with van der Waals surface area (Å²) in [7, 11) is 1.99. The second-order valence-corrected chi connectivity index (χ2v) is 10.7. The molecule has 0 amide bonds. The summed E-state index contributed by atoms with van der Waals surface area (Å²) in [6.07, 6.45) is 3.74. The third-order valence-corrected chi connectivity index (χ3v) is 7.36. The summed E-state index contributed by atoms with van der Waals surface area (Å²) < 4.78 is 4.30. The molecule has 194 valence electrons. The van der Waals surface area contributed by atoms with E-state index in [0.717, 1.165) is 45.3 Å². The van der Waals surface area contributed by atoms with Gasteiger partial charge in [0.05, 0.1) is 16.7 Å². The molecule has 0 atom stereocenters. The Bertz CT molecular complexity index is 1750. The lowest BCUT2D eigenvalue weighted by Crippen LogP contribution is -2.05. The van der Waals surface area contributed by atoms with E-state index in [2.05, 4.69) is 110 Å². The van der Waals surface area contributed by atoms with Crippen molar-refractivity contribution in [3.05, 3.63) is 108 Å². The lowest BCUT2D eigenvalue weighted by atomic mass is 9.88. The fraction of sp³-hybridized carbons (Fsp3) is 0.206. The van der Waals surface area contributed by atoms with Gasteiger partial charge in [-0.1, -0.05) is 76.2 Å². The highest BCUT2D eigenvalue weighted by Gasteiger charge is 2.23. The van der Waals surface area contributed by atoms with Gasteiger partial charge in [0.25, 0.3) is 0 Å². The quantitative estimate of drug-likeness (QED) is 0.226. The maximum atomic E-state index is 5.28. The van der Waals surface area contributed by atoms with Crippen LogP contribution in [0.2, 0.25) is 0 Å². The molecule has 0 unspecified atom stereocenters. The Morgan fingerprint density at radius 1 is 0.667 bits per heavy atom. The molecule has 0 bridgehead atoms. The molecule has 0 radical (unpaired) electrons. The van der Waals surface area contributed by atoms with Gasteiger partial charge in [-0.05, 0) is 59.4 Å². The number of pyridine rings is 1. The van der Waals surface area contributed by atoms with Crippen LogP contribution in [0.25, 0.3) is 50.9 Å². The predicted octanol–water partition coefficient (Wildman–Crippen LogP) is 8.40. The van der Waals surface area contributed by atoms with E-state index >= 15 is 0 Å². The average Bonchev–Trinajstić information content (AvgIpc) is 3.56. The lowest BCUT2D eigenvalue weighted by Gasteiger charge is -2.20. The van der Waals surface area contributed by atoms with Crippen LogP contribution in [0, 0.1) is 0 Å². The summed E-state index contributed by atoms with van der Waals surface area (Å²) in [4.78, 5) is 14.8. The molecule has 39 heavy (non-hydrogen) atoms. The van der Waals surface area contributed by atoms with Crippen LogP contribution in [-0.2, 0) is 7.05 Å². The summed E-state index contributed by atoms with van der Waals surface area (Å²) in [6, 6.07) is 29.8. The molecule has 0 saturated carbocycles. The highest BCUT2D eigenvalue weighted by atomic mass is 15.1. The van der Waals surface area contributed by atoms with Gasteiger partial charge in [0.15, 0.2) is 5.82 Å². The molecule has 0 fully saturated rings. The Morgan fingerprint density at radius 2 is 1.36 bits per heavy atom. The molecule has 5 heteroatoms. The van der Waals surface area contributed by atoms with Crippen molar-refractivity contribution in [1.82, 2.24) is 24.1 Å². The zero-order chi connectivity index (χ0) is 27.1. The zero-order valence-electron chi connectivity index (χ0n) is 23.1. The summed E-state index contributed by atoms with van der Waals surface area (Å²) in [5.74, 6) is 2.57. The van der Waals surface area contributed by atoms with E-state index in [0.29, 0.717) is 11.8 Å². The van der Waals surface area contributed by atoms with E-state index < -0.39 is 0 Å². The van der Waals surface area contributed by atoms with Crippen molar-refractivity contribution < 1.29 is 0 Å². The first-order chi connectivity index (χ1) is 18.9. The molecular weight excluding hydrogens is 478 g/mol. The minimum atomic E-state index is 0.372. The zero-order valence-corrected chi connectivity index (χ0v) is 23.1. The molecule has 6 aromatic rings. The van der Waals surface area contributed by atoms with Gasteiger partial charge in [0, 0.05) is 36.3 Å². The number of para-hydroxylation sites is 1. The Labute approximate surface area is 229 Å². The first-order valence-electron chi connectivity index (χ1n) is 13.6. The van der Waals surface area contributed by atoms with Gasteiger partial charge in [-0.15, -0.1) is 0 Å². The third-order valence-electron chi connectivity index (χ3n) is 7.36. The smallest absolute Gasteiger partial charge is 0.158 e. The minimum absolute atomic E-state index is 0.372. The van der Waals surface area contributed by atoms with Crippen molar-refractivity contribution in [2.24, 2.45) is 7.05 Å². The molecule has 0 aliphatic heterocycles. The van der Waals surface area contributed by atoms with Crippen LogP contribution in [0.1, 0.15) is 50.7 Å². The Balaban J connectivity index is 1.61. The first-order valence-corrected chi connectivity index (χ1v) is 13.6. The number of rotatable bonds is 6. The van der Waals surface area contributed by atoms with E-state index in [1.807, 2.05) is 29.9 Å². The van der Waals surface area contributed by atoms with Crippen molar-refractivity contribution in [3.63, 3.8) is 0 Å². The lowest BCUT2D eigenvalue weighted by molar-refractivity contribution is 0.832. The van der Waals surface area contributed by atoms with E-state index in [1.54, 1.807) is 6.20 Å². The van der Waals surface area contributed by atoms with E-state index in [1.165, 1.54) is 16.7 Å². The number of imidazole rings is 2. The molecule has 5 nitrogen and oxygen atoms in total. The van der Waals surface area contributed by atoms with E-state index in [9.17, 15) is 0 Å². The number of aromatic nitrogens is 5.